The zero-order valence-corrected chi connectivity index (χ0v) is 14.6. The minimum Gasteiger partial charge on any atom is -0.269 e. The maximum absolute atomic E-state index is 12.7. The molecule has 0 unspecified atom stereocenters. The Morgan fingerprint density at radius 3 is 2.15 bits per heavy atom. The maximum Gasteiger partial charge on any atom is 0.275 e. The SMILES string of the molecule is O=C(NOCc1ccccc1)c1ccc2ccc3cccc4ccc1c2c34. The maximum atomic E-state index is 12.7. The molecule has 5 aromatic carbocycles. The monoisotopic (exact) mass is 351 g/mol. The summed E-state index contributed by atoms with van der Waals surface area (Å²) in [5, 5.41) is 6.77. The number of hydroxylamine groups is 1. The summed E-state index contributed by atoms with van der Waals surface area (Å²) in [5.41, 5.74) is 4.21. The van der Waals surface area contributed by atoms with Gasteiger partial charge in [0.1, 0.15) is 0 Å². The first-order valence-corrected chi connectivity index (χ1v) is 8.94. The molecular formula is C24H17NO2. The van der Waals surface area contributed by atoms with Gasteiger partial charge >= 0.3 is 0 Å². The van der Waals surface area contributed by atoms with E-state index in [0.29, 0.717) is 12.2 Å². The van der Waals surface area contributed by atoms with Crippen LogP contribution in [-0.2, 0) is 11.4 Å². The molecule has 3 nitrogen and oxygen atoms in total. The van der Waals surface area contributed by atoms with E-state index in [0.717, 1.165) is 21.7 Å². The number of amides is 1. The van der Waals surface area contributed by atoms with Crippen molar-refractivity contribution in [1.29, 1.82) is 0 Å². The number of rotatable bonds is 4. The highest BCUT2D eigenvalue weighted by molar-refractivity contribution is 6.26. The fourth-order valence-electron chi connectivity index (χ4n) is 3.75. The van der Waals surface area contributed by atoms with Crippen LogP contribution >= 0.6 is 0 Å². The number of carbonyl (C=O) groups excluding carboxylic acids is 1. The normalized spacial score (nSPS) is 11.4. The van der Waals surface area contributed by atoms with Crippen molar-refractivity contribution in [1.82, 2.24) is 5.48 Å². The molecule has 0 fully saturated rings. The van der Waals surface area contributed by atoms with Crippen LogP contribution < -0.4 is 5.48 Å². The highest BCUT2D eigenvalue weighted by atomic mass is 16.6. The Bertz CT molecular complexity index is 1250. The molecule has 5 rings (SSSR count). The zero-order chi connectivity index (χ0) is 18.2. The minimum absolute atomic E-state index is 0.233. The van der Waals surface area contributed by atoms with E-state index in [-0.39, 0.29) is 5.91 Å². The predicted octanol–water partition coefficient (Wildman–Crippen LogP) is 5.45. The summed E-state index contributed by atoms with van der Waals surface area (Å²) >= 11 is 0. The van der Waals surface area contributed by atoms with Crippen molar-refractivity contribution in [3.8, 4) is 0 Å². The first-order chi connectivity index (χ1) is 13.3. The highest BCUT2D eigenvalue weighted by Gasteiger charge is 2.15. The Labute approximate surface area is 156 Å². The van der Waals surface area contributed by atoms with Gasteiger partial charge in [0.2, 0.25) is 0 Å². The van der Waals surface area contributed by atoms with Crippen LogP contribution in [0.5, 0.6) is 0 Å². The molecule has 0 radical (unpaired) electrons. The summed E-state index contributed by atoms with van der Waals surface area (Å²) in [4.78, 5) is 18.2. The third-order valence-electron chi connectivity index (χ3n) is 5.02. The quantitative estimate of drug-likeness (QED) is 0.346. The van der Waals surface area contributed by atoms with E-state index in [4.69, 9.17) is 4.84 Å². The number of hydrogen-bond donors (Lipinski definition) is 1. The van der Waals surface area contributed by atoms with Crippen molar-refractivity contribution in [2.75, 3.05) is 0 Å². The van der Waals surface area contributed by atoms with E-state index in [2.05, 4.69) is 41.9 Å². The van der Waals surface area contributed by atoms with Gasteiger partial charge in [-0.15, -0.1) is 0 Å². The second kappa shape index (κ2) is 6.38. The lowest BCUT2D eigenvalue weighted by atomic mass is 9.92. The van der Waals surface area contributed by atoms with Crippen LogP contribution in [0, 0.1) is 0 Å². The summed E-state index contributed by atoms with van der Waals surface area (Å²) in [7, 11) is 0. The van der Waals surface area contributed by atoms with E-state index in [1.165, 1.54) is 16.2 Å². The number of carbonyl (C=O) groups is 1. The van der Waals surface area contributed by atoms with Crippen LogP contribution in [0.4, 0.5) is 0 Å². The first kappa shape index (κ1) is 15.8. The van der Waals surface area contributed by atoms with E-state index in [1.54, 1.807) is 0 Å². The van der Waals surface area contributed by atoms with Crippen molar-refractivity contribution in [3.63, 3.8) is 0 Å². The Morgan fingerprint density at radius 1 is 0.704 bits per heavy atom. The molecule has 0 atom stereocenters. The minimum atomic E-state index is -0.233. The fourth-order valence-corrected chi connectivity index (χ4v) is 3.75. The Hall–Kier alpha value is -3.43. The van der Waals surface area contributed by atoms with Gasteiger partial charge in [-0.2, -0.15) is 0 Å². The van der Waals surface area contributed by atoms with Gasteiger partial charge in [-0.05, 0) is 43.9 Å². The van der Waals surface area contributed by atoms with Crippen LogP contribution in [0.15, 0.2) is 84.9 Å². The van der Waals surface area contributed by atoms with Gasteiger partial charge in [0.15, 0.2) is 0 Å². The van der Waals surface area contributed by atoms with Crippen molar-refractivity contribution in [3.05, 3.63) is 96.1 Å². The Balaban J connectivity index is 1.52. The van der Waals surface area contributed by atoms with E-state index in [1.807, 2.05) is 48.5 Å². The zero-order valence-electron chi connectivity index (χ0n) is 14.6. The van der Waals surface area contributed by atoms with E-state index in [9.17, 15) is 4.79 Å². The molecule has 0 aliphatic heterocycles. The molecule has 0 aliphatic carbocycles. The summed E-state index contributed by atoms with van der Waals surface area (Å²) < 4.78 is 0. The van der Waals surface area contributed by atoms with Gasteiger partial charge in [0.25, 0.3) is 5.91 Å². The lowest BCUT2D eigenvalue weighted by Gasteiger charge is -2.13. The van der Waals surface area contributed by atoms with Crippen LogP contribution in [0.3, 0.4) is 0 Å². The third kappa shape index (κ3) is 2.69. The van der Waals surface area contributed by atoms with Gasteiger partial charge in [-0.25, -0.2) is 5.48 Å². The summed E-state index contributed by atoms with van der Waals surface area (Å²) in [5.74, 6) is -0.233. The molecule has 0 spiro atoms. The smallest absolute Gasteiger partial charge is 0.269 e. The molecule has 130 valence electrons. The molecule has 3 heteroatoms. The van der Waals surface area contributed by atoms with Gasteiger partial charge in [0.05, 0.1) is 6.61 Å². The second-order valence-corrected chi connectivity index (χ2v) is 6.67. The first-order valence-electron chi connectivity index (χ1n) is 8.94. The molecular weight excluding hydrogens is 334 g/mol. The second-order valence-electron chi connectivity index (χ2n) is 6.67. The number of hydrogen-bond acceptors (Lipinski definition) is 2. The molecule has 0 saturated heterocycles. The molecule has 27 heavy (non-hydrogen) atoms. The molecule has 0 heterocycles. The van der Waals surface area contributed by atoms with Gasteiger partial charge in [-0.1, -0.05) is 78.9 Å². The average Bonchev–Trinajstić information content (AvgIpc) is 2.72. The lowest BCUT2D eigenvalue weighted by Crippen LogP contribution is -2.23. The molecule has 0 aromatic heterocycles. The largest absolute Gasteiger partial charge is 0.275 e. The molecule has 1 amide bonds. The van der Waals surface area contributed by atoms with Gasteiger partial charge in [-0.3, -0.25) is 9.63 Å². The van der Waals surface area contributed by atoms with Crippen molar-refractivity contribution >= 4 is 38.2 Å². The molecule has 1 N–H and O–H groups in total. The Kier molecular flexibility index (Phi) is 3.73. The number of nitrogens with one attached hydrogen (secondary N) is 1. The summed E-state index contributed by atoms with van der Waals surface area (Å²) in [6.45, 7) is 0.332. The van der Waals surface area contributed by atoms with Crippen molar-refractivity contribution in [2.24, 2.45) is 0 Å². The van der Waals surface area contributed by atoms with E-state index < -0.39 is 0 Å². The molecule has 5 aromatic rings. The van der Waals surface area contributed by atoms with Crippen molar-refractivity contribution < 1.29 is 9.63 Å². The third-order valence-corrected chi connectivity index (χ3v) is 5.02. The molecule has 0 saturated carbocycles. The van der Waals surface area contributed by atoms with Crippen LogP contribution in [0.2, 0.25) is 0 Å². The van der Waals surface area contributed by atoms with Crippen LogP contribution in [-0.4, -0.2) is 5.91 Å². The number of benzene rings is 5. The summed E-state index contributed by atoms with van der Waals surface area (Å²) in [6.07, 6.45) is 0. The lowest BCUT2D eigenvalue weighted by molar-refractivity contribution is 0.0235. The van der Waals surface area contributed by atoms with Crippen LogP contribution in [0.25, 0.3) is 32.3 Å². The van der Waals surface area contributed by atoms with E-state index >= 15 is 0 Å². The van der Waals surface area contributed by atoms with Gasteiger partial charge < -0.3 is 0 Å². The topological polar surface area (TPSA) is 38.3 Å². The fraction of sp³-hybridized carbons (Fsp3) is 0.0417. The predicted molar refractivity (Wildman–Crippen MR) is 109 cm³/mol. The Morgan fingerprint density at radius 2 is 1.37 bits per heavy atom. The van der Waals surface area contributed by atoms with Gasteiger partial charge in [0, 0.05) is 5.56 Å². The summed E-state index contributed by atoms with van der Waals surface area (Å²) in [6, 6.07) is 28.2. The highest BCUT2D eigenvalue weighted by Crippen LogP contribution is 2.35. The molecule has 0 bridgehead atoms. The average molecular weight is 351 g/mol. The van der Waals surface area contributed by atoms with Crippen molar-refractivity contribution in [2.45, 2.75) is 6.61 Å². The van der Waals surface area contributed by atoms with Crippen LogP contribution in [0.1, 0.15) is 15.9 Å². The molecule has 0 aliphatic rings. The standard InChI is InChI=1S/C24H17NO2/c26-24(25-27-15-16-5-2-1-3-6-16)21-14-12-19-10-9-17-7-4-8-18-11-13-20(21)23(19)22(17)18/h1-14H,15H2,(H,25,26).